The molecule has 1 saturated carbocycles. The van der Waals surface area contributed by atoms with E-state index in [1.54, 1.807) is 11.3 Å². The Kier molecular flexibility index (Phi) is 6.39. The molecule has 4 rings (SSSR count). The van der Waals surface area contributed by atoms with Crippen LogP contribution in [0.25, 0.3) is 10.2 Å². The number of nitrogens with two attached hydrogens (primary N) is 1. The number of carbonyl (C=O) groups excluding carboxylic acids is 1. The van der Waals surface area contributed by atoms with Crippen molar-refractivity contribution in [2.75, 3.05) is 19.0 Å². The molecule has 0 bridgehead atoms. The van der Waals surface area contributed by atoms with Gasteiger partial charge in [0.1, 0.15) is 18.1 Å². The normalized spacial score (nSPS) is 14.7. The molecule has 3 N–H and O–H groups in total. The van der Waals surface area contributed by atoms with Gasteiger partial charge in [0.05, 0.1) is 10.2 Å². The molecule has 0 radical (unpaired) electrons. The van der Waals surface area contributed by atoms with E-state index in [1.807, 2.05) is 18.2 Å². The molecule has 9 heteroatoms. The molecule has 0 atom stereocenters. The molecule has 0 saturated heterocycles. The summed E-state index contributed by atoms with van der Waals surface area (Å²) in [7, 11) is 1.53. The van der Waals surface area contributed by atoms with E-state index in [9.17, 15) is 4.79 Å². The number of fused-ring (bicyclic) bond motifs is 1. The van der Waals surface area contributed by atoms with Crippen LogP contribution in [0.3, 0.4) is 0 Å². The Balaban J connectivity index is 1.49. The summed E-state index contributed by atoms with van der Waals surface area (Å²) in [4.78, 5) is 24.6. The number of hydrogen-bond donors (Lipinski definition) is 2. The van der Waals surface area contributed by atoms with Gasteiger partial charge in [0.2, 0.25) is 5.88 Å². The second-order valence-corrected chi connectivity index (χ2v) is 8.47. The maximum atomic E-state index is 11.5. The number of aromatic nitrogens is 3. The van der Waals surface area contributed by atoms with Crippen molar-refractivity contribution >= 4 is 32.6 Å². The van der Waals surface area contributed by atoms with Crippen LogP contribution >= 0.6 is 11.3 Å². The minimum atomic E-state index is -0.647. The average molecular weight is 428 g/mol. The fourth-order valence-electron chi connectivity index (χ4n) is 3.63. The van der Waals surface area contributed by atoms with E-state index < -0.39 is 5.91 Å². The Morgan fingerprint density at radius 2 is 2.03 bits per heavy atom. The Bertz CT molecular complexity index is 1030. The first-order chi connectivity index (χ1) is 14.6. The second-order valence-electron chi connectivity index (χ2n) is 7.44. The highest BCUT2D eigenvalue weighted by Gasteiger charge is 2.15. The summed E-state index contributed by atoms with van der Waals surface area (Å²) in [6, 6.07) is 7.09. The Hall–Kier alpha value is -2.78. The standard InChI is InChI=1S/C21H25N5O3S/c1-28-12-18-24-16(20(22)27)10-19(26-18)29-14-7-8-15-17(9-14)30-21(25-15)23-11-13-5-3-2-4-6-13/h7-10,13H,2-6,11-12H2,1H3,(H2,22,27)(H,23,25). The van der Waals surface area contributed by atoms with E-state index in [-0.39, 0.29) is 18.2 Å². The van der Waals surface area contributed by atoms with Gasteiger partial charge in [-0.3, -0.25) is 4.79 Å². The first-order valence-electron chi connectivity index (χ1n) is 10.1. The van der Waals surface area contributed by atoms with Gasteiger partial charge in [0.15, 0.2) is 11.0 Å². The topological polar surface area (TPSA) is 112 Å². The van der Waals surface area contributed by atoms with Crippen molar-refractivity contribution in [2.24, 2.45) is 11.7 Å². The van der Waals surface area contributed by atoms with Gasteiger partial charge in [-0.1, -0.05) is 30.6 Å². The van der Waals surface area contributed by atoms with Crippen molar-refractivity contribution in [3.63, 3.8) is 0 Å². The van der Waals surface area contributed by atoms with Gasteiger partial charge >= 0.3 is 0 Å². The third-order valence-electron chi connectivity index (χ3n) is 5.12. The fourth-order valence-corrected chi connectivity index (χ4v) is 4.53. The number of carbonyl (C=O) groups is 1. The van der Waals surface area contributed by atoms with Gasteiger partial charge in [0, 0.05) is 25.8 Å². The minimum absolute atomic E-state index is 0.0834. The predicted octanol–water partition coefficient (Wildman–Crippen LogP) is 4.12. The number of rotatable bonds is 8. The second kappa shape index (κ2) is 9.36. The van der Waals surface area contributed by atoms with Gasteiger partial charge in [0.25, 0.3) is 5.91 Å². The molecule has 1 aliphatic rings. The highest BCUT2D eigenvalue weighted by atomic mass is 32.1. The quantitative estimate of drug-likeness (QED) is 0.556. The summed E-state index contributed by atoms with van der Waals surface area (Å²) in [6.45, 7) is 1.13. The number of hydrogen-bond acceptors (Lipinski definition) is 8. The summed E-state index contributed by atoms with van der Waals surface area (Å²) in [5.41, 5.74) is 6.36. The summed E-state index contributed by atoms with van der Waals surface area (Å²) in [5.74, 6) is 1.26. The van der Waals surface area contributed by atoms with Crippen LogP contribution in [-0.4, -0.2) is 34.5 Å². The molecule has 0 aliphatic heterocycles. The number of nitrogens with zero attached hydrogens (tertiary/aromatic N) is 3. The average Bonchev–Trinajstić information content (AvgIpc) is 3.15. The zero-order chi connectivity index (χ0) is 20.9. The van der Waals surface area contributed by atoms with Crippen molar-refractivity contribution in [1.29, 1.82) is 0 Å². The maximum Gasteiger partial charge on any atom is 0.267 e. The molecular formula is C21H25N5O3S. The molecule has 2 heterocycles. The summed E-state index contributed by atoms with van der Waals surface area (Å²) >= 11 is 1.60. The van der Waals surface area contributed by atoms with Crippen LogP contribution in [0.2, 0.25) is 0 Å². The lowest BCUT2D eigenvalue weighted by atomic mass is 9.89. The van der Waals surface area contributed by atoms with E-state index in [0.29, 0.717) is 11.6 Å². The number of benzene rings is 1. The molecule has 1 fully saturated rings. The van der Waals surface area contributed by atoms with E-state index >= 15 is 0 Å². The molecule has 1 aliphatic carbocycles. The number of anilines is 1. The molecule has 1 aromatic carbocycles. The number of primary amides is 1. The lowest BCUT2D eigenvalue weighted by molar-refractivity contribution is 0.0993. The predicted molar refractivity (Wildman–Crippen MR) is 116 cm³/mol. The minimum Gasteiger partial charge on any atom is -0.439 e. The van der Waals surface area contributed by atoms with E-state index in [2.05, 4.69) is 20.3 Å². The number of nitrogens with one attached hydrogen (secondary N) is 1. The summed E-state index contributed by atoms with van der Waals surface area (Å²) in [6.07, 6.45) is 6.62. The number of methoxy groups -OCH3 is 1. The lowest BCUT2D eigenvalue weighted by Gasteiger charge is -2.21. The zero-order valence-corrected chi connectivity index (χ0v) is 17.7. The molecular weight excluding hydrogens is 402 g/mol. The van der Waals surface area contributed by atoms with Gasteiger partial charge in [-0.05, 0) is 30.9 Å². The van der Waals surface area contributed by atoms with Gasteiger partial charge in [-0.15, -0.1) is 0 Å². The van der Waals surface area contributed by atoms with E-state index in [0.717, 1.165) is 27.8 Å². The van der Waals surface area contributed by atoms with Gasteiger partial charge < -0.3 is 20.5 Å². The van der Waals surface area contributed by atoms with E-state index in [1.165, 1.54) is 45.3 Å². The van der Waals surface area contributed by atoms with Crippen molar-refractivity contribution in [3.8, 4) is 11.6 Å². The smallest absolute Gasteiger partial charge is 0.267 e. The fraction of sp³-hybridized carbons (Fsp3) is 0.429. The SMILES string of the molecule is COCc1nc(Oc2ccc3nc(NCC4CCCCC4)sc3c2)cc(C(N)=O)n1. The molecule has 0 spiro atoms. The Labute approximate surface area is 178 Å². The van der Waals surface area contributed by atoms with Crippen LogP contribution in [0.4, 0.5) is 5.13 Å². The molecule has 0 unspecified atom stereocenters. The zero-order valence-electron chi connectivity index (χ0n) is 16.9. The number of thiazole rings is 1. The summed E-state index contributed by atoms with van der Waals surface area (Å²) in [5, 5.41) is 4.42. The van der Waals surface area contributed by atoms with Crippen molar-refractivity contribution in [3.05, 3.63) is 35.8 Å². The third kappa shape index (κ3) is 5.03. The van der Waals surface area contributed by atoms with Crippen LogP contribution in [0.5, 0.6) is 11.6 Å². The van der Waals surface area contributed by atoms with Crippen LogP contribution < -0.4 is 15.8 Å². The van der Waals surface area contributed by atoms with Crippen molar-refractivity contribution in [2.45, 2.75) is 38.7 Å². The lowest BCUT2D eigenvalue weighted by Crippen LogP contribution is -2.16. The van der Waals surface area contributed by atoms with Gasteiger partial charge in [-0.25, -0.2) is 9.97 Å². The number of amides is 1. The molecule has 2 aromatic heterocycles. The van der Waals surface area contributed by atoms with Crippen LogP contribution in [0.15, 0.2) is 24.3 Å². The van der Waals surface area contributed by atoms with Crippen molar-refractivity contribution in [1.82, 2.24) is 15.0 Å². The van der Waals surface area contributed by atoms with E-state index in [4.69, 9.17) is 15.2 Å². The monoisotopic (exact) mass is 427 g/mol. The Morgan fingerprint density at radius 1 is 1.20 bits per heavy atom. The van der Waals surface area contributed by atoms with Crippen molar-refractivity contribution < 1.29 is 14.3 Å². The summed E-state index contributed by atoms with van der Waals surface area (Å²) < 4.78 is 11.9. The first-order valence-corrected chi connectivity index (χ1v) is 10.9. The van der Waals surface area contributed by atoms with Crippen LogP contribution in [-0.2, 0) is 11.3 Å². The third-order valence-corrected chi connectivity index (χ3v) is 6.10. The first kappa shape index (κ1) is 20.5. The Morgan fingerprint density at radius 3 is 2.80 bits per heavy atom. The maximum absolute atomic E-state index is 11.5. The molecule has 158 valence electrons. The molecule has 30 heavy (non-hydrogen) atoms. The molecule has 1 amide bonds. The highest BCUT2D eigenvalue weighted by Crippen LogP contribution is 2.32. The largest absolute Gasteiger partial charge is 0.439 e. The number of ether oxygens (including phenoxy) is 2. The van der Waals surface area contributed by atoms with Crippen LogP contribution in [0, 0.1) is 5.92 Å². The van der Waals surface area contributed by atoms with Gasteiger partial charge in [-0.2, -0.15) is 4.98 Å². The van der Waals surface area contributed by atoms with Crippen LogP contribution in [0.1, 0.15) is 48.4 Å². The highest BCUT2D eigenvalue weighted by molar-refractivity contribution is 7.22. The molecule has 3 aromatic rings. The molecule has 8 nitrogen and oxygen atoms in total.